The minimum atomic E-state index is -4.56. The van der Waals surface area contributed by atoms with Crippen molar-refractivity contribution in [2.24, 2.45) is 5.92 Å². The molecule has 2 aromatic heterocycles. The Morgan fingerprint density at radius 3 is 2.54 bits per heavy atom. The van der Waals surface area contributed by atoms with Crippen LogP contribution >= 0.6 is 0 Å². The van der Waals surface area contributed by atoms with Gasteiger partial charge in [-0.15, -0.1) is 0 Å². The molecular formula is C20H19F3N4O. The van der Waals surface area contributed by atoms with Crippen LogP contribution in [-0.4, -0.2) is 38.8 Å². The zero-order chi connectivity index (χ0) is 19.7. The second kappa shape index (κ2) is 7.26. The molecule has 0 bridgehead atoms. The van der Waals surface area contributed by atoms with Gasteiger partial charge in [-0.2, -0.15) is 13.2 Å². The predicted octanol–water partition coefficient (Wildman–Crippen LogP) is 4.07. The number of amides is 1. The Kier molecular flexibility index (Phi) is 4.78. The number of nitrogens with zero attached hydrogens (tertiary/aromatic N) is 3. The maximum Gasteiger partial charge on any atom is 0.433 e. The number of halogens is 3. The van der Waals surface area contributed by atoms with Crippen molar-refractivity contribution in [3.63, 3.8) is 0 Å². The molecule has 0 spiro atoms. The number of nitrogens with one attached hydrogen (secondary N) is 1. The number of hydrogen-bond acceptors (Lipinski definition) is 3. The maximum absolute atomic E-state index is 12.8. The number of rotatable bonds is 3. The van der Waals surface area contributed by atoms with Gasteiger partial charge in [-0.25, -0.2) is 9.97 Å². The van der Waals surface area contributed by atoms with E-state index in [-0.39, 0.29) is 5.69 Å². The van der Waals surface area contributed by atoms with Gasteiger partial charge in [0, 0.05) is 19.5 Å². The molecule has 28 heavy (non-hydrogen) atoms. The number of aromatic amines is 1. The third-order valence-corrected chi connectivity index (χ3v) is 5.08. The minimum absolute atomic E-state index is 0.162. The standard InChI is InChI=1S/C20H19F3N4O/c21-20(22,23)17-7-3-6-16(24-17)19(28)27-10-8-13(9-11-27)12-18-25-14-4-1-2-5-15(14)26-18/h1-7,13H,8-12H2,(H,25,26). The highest BCUT2D eigenvalue weighted by Crippen LogP contribution is 2.28. The molecule has 8 heteroatoms. The van der Waals surface area contributed by atoms with E-state index in [0.29, 0.717) is 19.0 Å². The Morgan fingerprint density at radius 1 is 1.07 bits per heavy atom. The second-order valence-electron chi connectivity index (χ2n) is 7.05. The van der Waals surface area contributed by atoms with Crippen LogP contribution in [0.3, 0.4) is 0 Å². The van der Waals surface area contributed by atoms with E-state index in [1.54, 1.807) is 4.90 Å². The number of hydrogen-bond donors (Lipinski definition) is 1. The summed E-state index contributed by atoms with van der Waals surface area (Å²) in [4.78, 5) is 25.5. The third kappa shape index (κ3) is 3.85. The number of carbonyl (C=O) groups is 1. The quantitative estimate of drug-likeness (QED) is 0.736. The number of likely N-dealkylation sites (tertiary alicyclic amines) is 1. The fraction of sp³-hybridized carbons (Fsp3) is 0.350. The molecule has 0 saturated carbocycles. The molecule has 1 fully saturated rings. The van der Waals surface area contributed by atoms with Gasteiger partial charge < -0.3 is 9.88 Å². The molecule has 3 aromatic rings. The predicted molar refractivity (Wildman–Crippen MR) is 97.7 cm³/mol. The van der Waals surface area contributed by atoms with Gasteiger partial charge in [-0.05, 0) is 43.0 Å². The van der Waals surface area contributed by atoms with Crippen LogP contribution in [0.1, 0.15) is 34.8 Å². The highest BCUT2D eigenvalue weighted by molar-refractivity contribution is 5.92. The van der Waals surface area contributed by atoms with Crippen molar-refractivity contribution in [2.45, 2.75) is 25.4 Å². The Balaban J connectivity index is 1.38. The highest BCUT2D eigenvalue weighted by Gasteiger charge is 2.33. The van der Waals surface area contributed by atoms with E-state index in [9.17, 15) is 18.0 Å². The molecule has 0 atom stereocenters. The van der Waals surface area contributed by atoms with Crippen molar-refractivity contribution in [2.75, 3.05) is 13.1 Å². The van der Waals surface area contributed by atoms with Gasteiger partial charge in [-0.3, -0.25) is 4.79 Å². The summed E-state index contributed by atoms with van der Waals surface area (Å²) in [5.74, 6) is 0.845. The van der Waals surface area contributed by atoms with Crippen LogP contribution in [-0.2, 0) is 12.6 Å². The molecule has 1 aliphatic heterocycles. The van der Waals surface area contributed by atoms with Crippen LogP contribution in [0.15, 0.2) is 42.5 Å². The largest absolute Gasteiger partial charge is 0.433 e. The van der Waals surface area contributed by atoms with E-state index < -0.39 is 17.8 Å². The van der Waals surface area contributed by atoms with Gasteiger partial charge in [0.05, 0.1) is 11.0 Å². The normalized spacial score (nSPS) is 15.9. The lowest BCUT2D eigenvalue weighted by atomic mass is 9.93. The van der Waals surface area contributed by atoms with Crippen LogP contribution in [0.5, 0.6) is 0 Å². The van der Waals surface area contributed by atoms with Crippen molar-refractivity contribution < 1.29 is 18.0 Å². The summed E-state index contributed by atoms with van der Waals surface area (Å²) >= 11 is 0. The van der Waals surface area contributed by atoms with Crippen LogP contribution in [0, 0.1) is 5.92 Å². The monoisotopic (exact) mass is 388 g/mol. The Bertz CT molecular complexity index is 957. The minimum Gasteiger partial charge on any atom is -0.342 e. The van der Waals surface area contributed by atoms with Crippen molar-refractivity contribution in [3.8, 4) is 0 Å². The lowest BCUT2D eigenvalue weighted by Gasteiger charge is -2.31. The van der Waals surface area contributed by atoms with E-state index >= 15 is 0 Å². The van der Waals surface area contributed by atoms with Crippen LogP contribution in [0.4, 0.5) is 13.2 Å². The Morgan fingerprint density at radius 2 is 1.82 bits per heavy atom. The first-order chi connectivity index (χ1) is 13.4. The molecule has 0 aliphatic carbocycles. The average Bonchev–Trinajstić information content (AvgIpc) is 3.10. The van der Waals surface area contributed by atoms with E-state index in [0.717, 1.165) is 42.2 Å². The first-order valence-electron chi connectivity index (χ1n) is 9.17. The zero-order valence-corrected chi connectivity index (χ0v) is 15.0. The van der Waals surface area contributed by atoms with E-state index in [2.05, 4.69) is 15.0 Å². The maximum atomic E-state index is 12.8. The third-order valence-electron chi connectivity index (χ3n) is 5.08. The smallest absolute Gasteiger partial charge is 0.342 e. The molecule has 0 unspecified atom stereocenters. The molecule has 3 heterocycles. The number of pyridine rings is 1. The van der Waals surface area contributed by atoms with Crippen LogP contribution < -0.4 is 0 Å². The number of benzene rings is 1. The van der Waals surface area contributed by atoms with Crippen LogP contribution in [0.2, 0.25) is 0 Å². The lowest BCUT2D eigenvalue weighted by Crippen LogP contribution is -2.39. The van der Waals surface area contributed by atoms with Gasteiger partial charge in [0.1, 0.15) is 17.2 Å². The number of alkyl halides is 3. The fourth-order valence-electron chi connectivity index (χ4n) is 3.59. The molecule has 1 aliphatic rings. The molecule has 4 rings (SSSR count). The summed E-state index contributed by atoms with van der Waals surface area (Å²) in [6, 6.07) is 11.3. The molecule has 146 valence electrons. The lowest BCUT2D eigenvalue weighted by molar-refractivity contribution is -0.141. The molecular weight excluding hydrogens is 369 g/mol. The zero-order valence-electron chi connectivity index (χ0n) is 15.0. The number of imidazole rings is 1. The number of H-pyrrole nitrogens is 1. The average molecular weight is 388 g/mol. The second-order valence-corrected chi connectivity index (χ2v) is 7.05. The highest BCUT2D eigenvalue weighted by atomic mass is 19.4. The fourth-order valence-corrected chi connectivity index (χ4v) is 3.59. The van der Waals surface area contributed by atoms with E-state index in [1.165, 1.54) is 12.1 Å². The first-order valence-corrected chi connectivity index (χ1v) is 9.17. The van der Waals surface area contributed by atoms with Gasteiger partial charge in [0.2, 0.25) is 0 Å². The number of carbonyl (C=O) groups excluding carboxylic acids is 1. The number of para-hydroxylation sites is 2. The molecule has 0 radical (unpaired) electrons. The Labute approximate surface area is 159 Å². The summed E-state index contributed by atoms with van der Waals surface area (Å²) in [7, 11) is 0. The number of fused-ring (bicyclic) bond motifs is 1. The first kappa shape index (κ1) is 18.5. The summed E-state index contributed by atoms with van der Waals surface area (Å²) in [6.07, 6.45) is -2.21. The van der Waals surface area contributed by atoms with Crippen molar-refractivity contribution in [1.29, 1.82) is 0 Å². The van der Waals surface area contributed by atoms with Crippen molar-refractivity contribution >= 4 is 16.9 Å². The topological polar surface area (TPSA) is 61.9 Å². The van der Waals surface area contributed by atoms with E-state index in [1.807, 2.05) is 24.3 Å². The molecule has 1 saturated heterocycles. The molecule has 1 amide bonds. The van der Waals surface area contributed by atoms with Crippen LogP contribution in [0.25, 0.3) is 11.0 Å². The number of aromatic nitrogens is 3. The summed E-state index contributed by atoms with van der Waals surface area (Å²) in [5, 5.41) is 0. The molecule has 5 nitrogen and oxygen atoms in total. The van der Waals surface area contributed by atoms with Gasteiger partial charge >= 0.3 is 6.18 Å². The van der Waals surface area contributed by atoms with Gasteiger partial charge in [0.25, 0.3) is 5.91 Å². The molecule has 1 N–H and O–H groups in total. The summed E-state index contributed by atoms with van der Waals surface area (Å²) in [6.45, 7) is 1.00. The molecule has 1 aromatic carbocycles. The van der Waals surface area contributed by atoms with Gasteiger partial charge in [-0.1, -0.05) is 18.2 Å². The summed E-state index contributed by atoms with van der Waals surface area (Å²) in [5.41, 5.74) is 0.727. The Hall–Kier alpha value is -2.90. The van der Waals surface area contributed by atoms with Crippen molar-refractivity contribution in [1.82, 2.24) is 19.9 Å². The summed E-state index contributed by atoms with van der Waals surface area (Å²) < 4.78 is 38.4. The SMILES string of the molecule is O=C(c1cccc(C(F)(F)F)n1)N1CCC(Cc2nc3ccccc3[nH]2)CC1. The van der Waals surface area contributed by atoms with Gasteiger partial charge in [0.15, 0.2) is 0 Å². The van der Waals surface area contributed by atoms with E-state index in [4.69, 9.17) is 0 Å². The number of piperidine rings is 1. The van der Waals surface area contributed by atoms with Crippen molar-refractivity contribution in [3.05, 3.63) is 59.7 Å².